The number of hydrogen-bond acceptors (Lipinski definition) is 4. The van der Waals surface area contributed by atoms with Crippen LogP contribution in [0.4, 0.5) is 5.82 Å². The molecular formula is C12H15N5O. The normalized spacial score (nSPS) is 10.6. The van der Waals surface area contributed by atoms with Gasteiger partial charge in [0.2, 0.25) is 0 Å². The fourth-order valence-corrected chi connectivity index (χ4v) is 1.99. The van der Waals surface area contributed by atoms with Crippen LogP contribution in [0.2, 0.25) is 0 Å². The molecule has 0 atom stereocenters. The van der Waals surface area contributed by atoms with Gasteiger partial charge in [-0.25, -0.2) is 9.67 Å². The van der Waals surface area contributed by atoms with E-state index in [-0.39, 0.29) is 0 Å². The zero-order valence-electron chi connectivity index (χ0n) is 10.6. The van der Waals surface area contributed by atoms with Gasteiger partial charge in [0.05, 0.1) is 5.56 Å². The highest BCUT2D eigenvalue weighted by atomic mass is 16.1. The Morgan fingerprint density at radius 1 is 1.28 bits per heavy atom. The van der Waals surface area contributed by atoms with E-state index < -0.39 is 5.91 Å². The number of anilines is 1. The first kappa shape index (κ1) is 12.1. The van der Waals surface area contributed by atoms with Crippen LogP contribution in [0.25, 0.3) is 5.82 Å². The molecule has 0 saturated heterocycles. The molecule has 6 heteroatoms. The average molecular weight is 245 g/mol. The summed E-state index contributed by atoms with van der Waals surface area (Å²) in [6, 6.07) is 3.52. The maximum Gasteiger partial charge on any atom is 0.252 e. The number of carbonyl (C=O) groups excluding carboxylic acids is 1. The van der Waals surface area contributed by atoms with Crippen molar-refractivity contribution in [3.63, 3.8) is 0 Å². The number of hydrogen-bond donors (Lipinski definition) is 2. The van der Waals surface area contributed by atoms with Crippen LogP contribution in [-0.4, -0.2) is 20.7 Å². The molecule has 6 nitrogen and oxygen atoms in total. The molecule has 0 aliphatic rings. The van der Waals surface area contributed by atoms with Crippen LogP contribution in [0, 0.1) is 20.8 Å². The predicted octanol–water partition coefficient (Wildman–Crippen LogP) is 0.874. The summed E-state index contributed by atoms with van der Waals surface area (Å²) in [6.45, 7) is 5.51. The molecule has 0 saturated carbocycles. The van der Waals surface area contributed by atoms with Crippen molar-refractivity contribution >= 4 is 11.7 Å². The highest BCUT2D eigenvalue weighted by molar-refractivity contribution is 5.97. The van der Waals surface area contributed by atoms with E-state index in [1.165, 1.54) is 4.68 Å². The molecule has 2 aromatic rings. The van der Waals surface area contributed by atoms with Gasteiger partial charge in [0.15, 0.2) is 5.82 Å². The summed E-state index contributed by atoms with van der Waals surface area (Å²) in [7, 11) is 0. The molecule has 1 amide bonds. The van der Waals surface area contributed by atoms with Crippen molar-refractivity contribution in [3.8, 4) is 5.82 Å². The van der Waals surface area contributed by atoms with Crippen molar-refractivity contribution in [2.75, 3.05) is 5.73 Å². The van der Waals surface area contributed by atoms with Gasteiger partial charge in [-0.2, -0.15) is 0 Å². The van der Waals surface area contributed by atoms with Gasteiger partial charge in [0.1, 0.15) is 5.82 Å². The van der Waals surface area contributed by atoms with Gasteiger partial charge < -0.3 is 11.5 Å². The smallest absolute Gasteiger partial charge is 0.252 e. The first-order chi connectivity index (χ1) is 8.40. The fraction of sp³-hybridized carbons (Fsp3) is 0.250. The van der Waals surface area contributed by atoms with E-state index in [9.17, 15) is 4.79 Å². The van der Waals surface area contributed by atoms with Gasteiger partial charge in [-0.05, 0) is 32.4 Å². The first-order valence-corrected chi connectivity index (χ1v) is 5.50. The van der Waals surface area contributed by atoms with E-state index >= 15 is 0 Å². The molecule has 0 aliphatic heterocycles. The molecule has 2 rings (SSSR count). The molecule has 2 aromatic heterocycles. The van der Waals surface area contributed by atoms with E-state index in [2.05, 4.69) is 10.1 Å². The summed E-state index contributed by atoms with van der Waals surface area (Å²) in [4.78, 5) is 15.9. The van der Waals surface area contributed by atoms with E-state index in [0.717, 1.165) is 17.0 Å². The van der Waals surface area contributed by atoms with Crippen molar-refractivity contribution in [1.29, 1.82) is 0 Å². The van der Waals surface area contributed by atoms with Crippen LogP contribution in [0.1, 0.15) is 27.3 Å². The zero-order valence-corrected chi connectivity index (χ0v) is 10.6. The number of pyridine rings is 1. The quantitative estimate of drug-likeness (QED) is 0.820. The Balaban J connectivity index is 2.77. The molecule has 0 spiro atoms. The Kier molecular flexibility index (Phi) is 2.78. The lowest BCUT2D eigenvalue weighted by Gasteiger charge is -2.11. The van der Waals surface area contributed by atoms with Crippen molar-refractivity contribution in [3.05, 3.63) is 34.6 Å². The number of primary amides is 1. The molecule has 4 N–H and O–H groups in total. The van der Waals surface area contributed by atoms with Crippen LogP contribution in [0.3, 0.4) is 0 Å². The molecule has 18 heavy (non-hydrogen) atoms. The second-order valence-electron chi connectivity index (χ2n) is 4.27. The Morgan fingerprint density at radius 2 is 1.94 bits per heavy atom. The Labute approximate surface area is 105 Å². The molecule has 0 aromatic carbocycles. The Morgan fingerprint density at radius 3 is 2.44 bits per heavy atom. The van der Waals surface area contributed by atoms with Crippen molar-refractivity contribution < 1.29 is 4.79 Å². The lowest BCUT2D eigenvalue weighted by Crippen LogP contribution is -2.19. The maximum absolute atomic E-state index is 11.6. The van der Waals surface area contributed by atoms with Gasteiger partial charge >= 0.3 is 0 Å². The summed E-state index contributed by atoms with van der Waals surface area (Å²) in [5.74, 6) is 0.279. The first-order valence-electron chi connectivity index (χ1n) is 5.50. The van der Waals surface area contributed by atoms with Crippen molar-refractivity contribution in [2.24, 2.45) is 5.73 Å². The minimum atomic E-state index is -0.525. The average Bonchev–Trinajstić information content (AvgIpc) is 2.55. The van der Waals surface area contributed by atoms with Crippen molar-refractivity contribution in [1.82, 2.24) is 14.8 Å². The van der Waals surface area contributed by atoms with Crippen LogP contribution < -0.4 is 11.5 Å². The lowest BCUT2D eigenvalue weighted by molar-refractivity contribution is 0.0999. The SMILES string of the molecule is Cc1cc(C)c(C(N)=O)c(-n2nc(N)cc2C)n1. The van der Waals surface area contributed by atoms with E-state index in [1.807, 2.05) is 26.8 Å². The molecule has 94 valence electrons. The molecule has 0 unspecified atom stereocenters. The van der Waals surface area contributed by atoms with Crippen molar-refractivity contribution in [2.45, 2.75) is 20.8 Å². The number of nitrogens with zero attached hydrogens (tertiary/aromatic N) is 3. The standard InChI is InChI=1S/C12H15N5O/c1-6-4-7(2)15-12(10(6)11(14)18)17-8(3)5-9(13)16-17/h4-5H,1-3H3,(H2,13,16)(H2,14,18). The Bertz CT molecular complexity index is 630. The largest absolute Gasteiger partial charge is 0.382 e. The summed E-state index contributed by atoms with van der Waals surface area (Å²) in [6.07, 6.45) is 0. The summed E-state index contributed by atoms with van der Waals surface area (Å²) in [5.41, 5.74) is 13.8. The van der Waals surface area contributed by atoms with Gasteiger partial charge in [-0.3, -0.25) is 4.79 Å². The Hall–Kier alpha value is -2.37. The third-order valence-electron chi connectivity index (χ3n) is 2.68. The molecule has 0 bridgehead atoms. The van der Waals surface area contributed by atoms with Gasteiger partial charge in [-0.1, -0.05) is 0 Å². The molecule has 0 radical (unpaired) electrons. The third kappa shape index (κ3) is 1.92. The number of carbonyl (C=O) groups is 1. The van der Waals surface area contributed by atoms with Gasteiger partial charge in [0.25, 0.3) is 5.91 Å². The number of aromatic nitrogens is 3. The van der Waals surface area contributed by atoms with E-state index in [1.54, 1.807) is 6.07 Å². The summed E-state index contributed by atoms with van der Waals surface area (Å²) in [5, 5.41) is 4.13. The molecule has 0 fully saturated rings. The third-order valence-corrected chi connectivity index (χ3v) is 2.68. The topological polar surface area (TPSA) is 99.8 Å². The van der Waals surface area contributed by atoms with Crippen LogP contribution >= 0.6 is 0 Å². The fourth-order valence-electron chi connectivity index (χ4n) is 1.99. The number of nitrogen functional groups attached to an aromatic ring is 1. The van der Waals surface area contributed by atoms with Crippen LogP contribution in [0.15, 0.2) is 12.1 Å². The molecule has 0 aliphatic carbocycles. The summed E-state index contributed by atoms with van der Waals surface area (Å²) >= 11 is 0. The lowest BCUT2D eigenvalue weighted by atomic mass is 10.1. The maximum atomic E-state index is 11.6. The second kappa shape index (κ2) is 4.14. The number of amides is 1. The van der Waals surface area contributed by atoms with E-state index in [0.29, 0.717) is 17.2 Å². The van der Waals surface area contributed by atoms with Crippen LogP contribution in [0.5, 0.6) is 0 Å². The highest BCUT2D eigenvalue weighted by Gasteiger charge is 2.17. The monoisotopic (exact) mass is 245 g/mol. The predicted molar refractivity (Wildman–Crippen MR) is 68.5 cm³/mol. The van der Waals surface area contributed by atoms with Gasteiger partial charge in [-0.15, -0.1) is 5.10 Å². The number of nitrogens with two attached hydrogens (primary N) is 2. The van der Waals surface area contributed by atoms with Gasteiger partial charge in [0, 0.05) is 17.5 Å². The number of rotatable bonds is 2. The van der Waals surface area contributed by atoms with E-state index in [4.69, 9.17) is 11.5 Å². The zero-order chi connectivity index (χ0) is 13.4. The molecular weight excluding hydrogens is 230 g/mol. The number of aryl methyl sites for hydroxylation is 3. The summed E-state index contributed by atoms with van der Waals surface area (Å²) < 4.78 is 1.54. The van der Waals surface area contributed by atoms with Crippen LogP contribution in [-0.2, 0) is 0 Å². The minimum Gasteiger partial charge on any atom is -0.382 e. The second-order valence-corrected chi connectivity index (χ2v) is 4.27. The molecule has 2 heterocycles. The highest BCUT2D eigenvalue weighted by Crippen LogP contribution is 2.19. The minimum absolute atomic E-state index is 0.367.